The monoisotopic (exact) mass is 285 g/mol. The Kier molecular flexibility index (Phi) is 4.98. The van der Waals surface area contributed by atoms with Crippen molar-refractivity contribution in [2.45, 2.75) is 19.4 Å². The molecule has 0 radical (unpaired) electrons. The lowest BCUT2D eigenvalue weighted by molar-refractivity contribution is -0.386. The van der Waals surface area contributed by atoms with Crippen molar-refractivity contribution < 1.29 is 18.8 Å². The molecule has 0 bridgehead atoms. The number of nitrogens with one attached hydrogen (secondary N) is 1. The summed E-state index contributed by atoms with van der Waals surface area (Å²) in [5, 5.41) is 13.6. The first kappa shape index (κ1) is 15.8. The second kappa shape index (κ2) is 6.29. The molecule has 0 aliphatic rings. The number of ether oxygens (including phenoxy) is 1. The summed E-state index contributed by atoms with van der Waals surface area (Å²) in [5.41, 5.74) is 3.50. The second-order valence-electron chi connectivity index (χ2n) is 4.36. The zero-order valence-electron chi connectivity index (χ0n) is 11.2. The lowest BCUT2D eigenvalue weighted by Gasteiger charge is -2.26. The standard InChI is InChI=1S/C12H16FN3O4/c1-3-15-12(2,11(14)17)7-20-10-8(13)5-4-6-9(10)16(18)19/h4-6,15H,3,7H2,1-2H3,(H2,14,17). The molecule has 0 fully saturated rings. The Morgan fingerprint density at radius 3 is 2.75 bits per heavy atom. The van der Waals surface area contributed by atoms with Gasteiger partial charge in [0.15, 0.2) is 5.82 Å². The Morgan fingerprint density at radius 1 is 1.60 bits per heavy atom. The van der Waals surface area contributed by atoms with Crippen molar-refractivity contribution >= 4 is 11.6 Å². The van der Waals surface area contributed by atoms with Crippen LogP contribution in [0.5, 0.6) is 5.75 Å². The van der Waals surface area contributed by atoms with E-state index in [-0.39, 0.29) is 6.61 Å². The average molecular weight is 285 g/mol. The number of carbonyl (C=O) groups excluding carboxylic acids is 1. The van der Waals surface area contributed by atoms with E-state index >= 15 is 0 Å². The summed E-state index contributed by atoms with van der Waals surface area (Å²) in [7, 11) is 0. The highest BCUT2D eigenvalue weighted by Crippen LogP contribution is 2.30. The SMILES string of the molecule is CCNC(C)(COc1c(F)cccc1[N+](=O)[O-])C(N)=O. The van der Waals surface area contributed by atoms with Gasteiger partial charge in [0.05, 0.1) is 4.92 Å². The maximum absolute atomic E-state index is 13.6. The van der Waals surface area contributed by atoms with Crippen LogP contribution >= 0.6 is 0 Å². The molecule has 3 N–H and O–H groups in total. The number of primary amides is 1. The number of hydrogen-bond acceptors (Lipinski definition) is 5. The Labute approximate surface area is 115 Å². The molecule has 0 saturated heterocycles. The lowest BCUT2D eigenvalue weighted by atomic mass is 10.0. The molecule has 0 aliphatic heterocycles. The third-order valence-electron chi connectivity index (χ3n) is 2.76. The summed E-state index contributed by atoms with van der Waals surface area (Å²) in [4.78, 5) is 21.4. The summed E-state index contributed by atoms with van der Waals surface area (Å²) < 4.78 is 18.7. The molecule has 0 spiro atoms. The Morgan fingerprint density at radius 2 is 2.25 bits per heavy atom. The number of para-hydroxylation sites is 1. The fourth-order valence-electron chi connectivity index (χ4n) is 1.60. The van der Waals surface area contributed by atoms with Gasteiger partial charge in [-0.15, -0.1) is 0 Å². The van der Waals surface area contributed by atoms with Crippen LogP contribution in [-0.2, 0) is 4.79 Å². The van der Waals surface area contributed by atoms with Gasteiger partial charge in [-0.25, -0.2) is 4.39 Å². The van der Waals surface area contributed by atoms with Gasteiger partial charge in [0.25, 0.3) is 0 Å². The van der Waals surface area contributed by atoms with Gasteiger partial charge < -0.3 is 15.8 Å². The molecule has 8 heteroatoms. The second-order valence-corrected chi connectivity index (χ2v) is 4.36. The molecule has 0 saturated carbocycles. The molecule has 1 unspecified atom stereocenters. The van der Waals surface area contributed by atoms with E-state index in [0.717, 1.165) is 12.1 Å². The van der Waals surface area contributed by atoms with Gasteiger partial charge >= 0.3 is 5.69 Å². The molecular formula is C12H16FN3O4. The number of halogens is 1. The van der Waals surface area contributed by atoms with Crippen molar-refractivity contribution in [1.29, 1.82) is 0 Å². The summed E-state index contributed by atoms with van der Waals surface area (Å²) in [6, 6.07) is 3.36. The van der Waals surface area contributed by atoms with Gasteiger partial charge in [0, 0.05) is 6.07 Å². The molecule has 1 rings (SSSR count). The predicted molar refractivity (Wildman–Crippen MR) is 69.8 cm³/mol. The molecule has 1 amide bonds. The van der Waals surface area contributed by atoms with Crippen molar-refractivity contribution in [2.75, 3.05) is 13.2 Å². The minimum absolute atomic E-state index is 0.321. The molecule has 20 heavy (non-hydrogen) atoms. The van der Waals surface area contributed by atoms with E-state index in [2.05, 4.69) is 5.32 Å². The highest BCUT2D eigenvalue weighted by Gasteiger charge is 2.32. The highest BCUT2D eigenvalue weighted by molar-refractivity contribution is 5.84. The first-order chi connectivity index (χ1) is 9.31. The first-order valence-corrected chi connectivity index (χ1v) is 5.92. The zero-order chi connectivity index (χ0) is 15.3. The van der Waals surface area contributed by atoms with Crippen molar-refractivity contribution in [3.63, 3.8) is 0 Å². The average Bonchev–Trinajstić information content (AvgIpc) is 2.37. The van der Waals surface area contributed by atoms with E-state index in [1.165, 1.54) is 13.0 Å². The number of benzene rings is 1. The molecule has 7 nitrogen and oxygen atoms in total. The van der Waals surface area contributed by atoms with E-state index in [0.29, 0.717) is 6.54 Å². The van der Waals surface area contributed by atoms with Gasteiger partial charge in [-0.3, -0.25) is 14.9 Å². The van der Waals surface area contributed by atoms with Crippen LogP contribution in [-0.4, -0.2) is 29.5 Å². The molecule has 0 aromatic heterocycles. The minimum Gasteiger partial charge on any atom is -0.482 e. The fourth-order valence-corrected chi connectivity index (χ4v) is 1.60. The minimum atomic E-state index is -1.25. The Hall–Kier alpha value is -2.22. The quantitative estimate of drug-likeness (QED) is 0.573. The van der Waals surface area contributed by atoms with Crippen LogP contribution in [0, 0.1) is 15.9 Å². The van der Waals surface area contributed by atoms with Crippen LogP contribution in [0.15, 0.2) is 18.2 Å². The number of nitrogens with two attached hydrogens (primary N) is 1. The van der Waals surface area contributed by atoms with Crippen LogP contribution in [0.25, 0.3) is 0 Å². The number of hydrogen-bond donors (Lipinski definition) is 2. The van der Waals surface area contributed by atoms with Crippen LogP contribution in [0.4, 0.5) is 10.1 Å². The molecule has 0 aliphatic carbocycles. The number of nitro benzene ring substituents is 1. The maximum Gasteiger partial charge on any atom is 0.314 e. The van der Waals surface area contributed by atoms with Crippen LogP contribution < -0.4 is 15.8 Å². The Bertz CT molecular complexity index is 523. The smallest absolute Gasteiger partial charge is 0.314 e. The molecular weight excluding hydrogens is 269 g/mol. The van der Waals surface area contributed by atoms with Crippen molar-refractivity contribution in [3.05, 3.63) is 34.1 Å². The third-order valence-corrected chi connectivity index (χ3v) is 2.76. The fraction of sp³-hybridized carbons (Fsp3) is 0.417. The van der Waals surface area contributed by atoms with Crippen molar-refractivity contribution in [3.8, 4) is 5.75 Å². The summed E-state index contributed by atoms with van der Waals surface area (Å²) >= 11 is 0. The molecule has 1 aromatic carbocycles. The molecule has 1 aromatic rings. The van der Waals surface area contributed by atoms with E-state index in [1.807, 2.05) is 0 Å². The zero-order valence-corrected chi connectivity index (χ0v) is 11.2. The highest BCUT2D eigenvalue weighted by atomic mass is 19.1. The summed E-state index contributed by atoms with van der Waals surface area (Å²) in [5.74, 6) is -2.08. The number of nitro groups is 1. The van der Waals surface area contributed by atoms with E-state index in [1.54, 1.807) is 6.92 Å². The van der Waals surface area contributed by atoms with Gasteiger partial charge in [-0.2, -0.15) is 0 Å². The van der Waals surface area contributed by atoms with Gasteiger partial charge in [0.2, 0.25) is 11.7 Å². The topological polar surface area (TPSA) is 107 Å². The first-order valence-electron chi connectivity index (χ1n) is 5.92. The lowest BCUT2D eigenvalue weighted by Crippen LogP contribution is -2.57. The van der Waals surface area contributed by atoms with E-state index in [9.17, 15) is 19.3 Å². The number of likely N-dealkylation sites (N-methyl/N-ethyl adjacent to an activating group) is 1. The van der Waals surface area contributed by atoms with Crippen LogP contribution in [0.3, 0.4) is 0 Å². The number of carbonyl (C=O) groups is 1. The van der Waals surface area contributed by atoms with Crippen LogP contribution in [0.2, 0.25) is 0 Å². The largest absolute Gasteiger partial charge is 0.482 e. The van der Waals surface area contributed by atoms with Gasteiger partial charge in [-0.1, -0.05) is 13.0 Å². The number of amides is 1. The maximum atomic E-state index is 13.6. The number of rotatable bonds is 7. The van der Waals surface area contributed by atoms with Gasteiger partial charge in [-0.05, 0) is 19.5 Å². The van der Waals surface area contributed by atoms with Crippen molar-refractivity contribution in [1.82, 2.24) is 5.32 Å². The Balaban J connectivity index is 2.99. The normalized spacial score (nSPS) is 13.6. The predicted octanol–water partition coefficient (Wildman–Crippen LogP) is 0.966. The number of nitrogens with zero attached hydrogens (tertiary/aromatic N) is 1. The van der Waals surface area contributed by atoms with Gasteiger partial charge in [0.1, 0.15) is 12.1 Å². The van der Waals surface area contributed by atoms with Crippen molar-refractivity contribution in [2.24, 2.45) is 5.73 Å². The summed E-state index contributed by atoms with van der Waals surface area (Å²) in [6.07, 6.45) is 0. The van der Waals surface area contributed by atoms with Crippen LogP contribution in [0.1, 0.15) is 13.8 Å². The molecule has 1 atom stereocenters. The summed E-state index contributed by atoms with van der Waals surface area (Å²) in [6.45, 7) is 3.35. The molecule has 0 heterocycles. The molecule has 110 valence electrons. The van der Waals surface area contributed by atoms with E-state index in [4.69, 9.17) is 10.5 Å². The third kappa shape index (κ3) is 3.41. The van der Waals surface area contributed by atoms with E-state index < -0.39 is 33.6 Å².